The summed E-state index contributed by atoms with van der Waals surface area (Å²) < 4.78 is 36.5. The zero-order valence-corrected chi connectivity index (χ0v) is 12.4. The molecular formula is C13H9ClF3NS2. The molecule has 0 N–H and O–H groups in total. The first-order valence-electron chi connectivity index (χ1n) is 5.50. The minimum atomic E-state index is -4.25. The predicted octanol–water partition coefficient (Wildman–Crippen LogP) is 5.66. The molecule has 1 heterocycles. The van der Waals surface area contributed by atoms with E-state index in [4.69, 9.17) is 11.6 Å². The van der Waals surface area contributed by atoms with Crippen molar-refractivity contribution < 1.29 is 13.2 Å². The van der Waals surface area contributed by atoms with Gasteiger partial charge in [0.1, 0.15) is 5.01 Å². The van der Waals surface area contributed by atoms with Crippen molar-refractivity contribution in [1.29, 1.82) is 0 Å². The monoisotopic (exact) mass is 335 g/mol. The second-order valence-electron chi connectivity index (χ2n) is 3.76. The summed E-state index contributed by atoms with van der Waals surface area (Å²) in [4.78, 5) is 4.43. The smallest absolute Gasteiger partial charge is 0.240 e. The largest absolute Gasteiger partial charge is 0.446 e. The molecule has 0 unspecified atom stereocenters. The number of rotatable bonds is 4. The number of hydrogen-bond acceptors (Lipinski definition) is 3. The van der Waals surface area contributed by atoms with Crippen LogP contribution in [0.25, 0.3) is 12.2 Å². The molecule has 0 bridgehead atoms. The molecule has 0 radical (unpaired) electrons. The van der Waals surface area contributed by atoms with Crippen LogP contribution < -0.4 is 0 Å². The third-order valence-corrected chi connectivity index (χ3v) is 4.11. The van der Waals surface area contributed by atoms with Gasteiger partial charge >= 0.3 is 5.51 Å². The summed E-state index contributed by atoms with van der Waals surface area (Å²) >= 11 is 7.00. The Morgan fingerprint density at radius 2 is 1.90 bits per heavy atom. The molecule has 0 saturated carbocycles. The molecule has 0 saturated heterocycles. The van der Waals surface area contributed by atoms with E-state index in [1.807, 2.05) is 11.5 Å². The highest BCUT2D eigenvalue weighted by atomic mass is 35.5. The van der Waals surface area contributed by atoms with Gasteiger partial charge in [-0.2, -0.15) is 13.2 Å². The van der Waals surface area contributed by atoms with Crippen molar-refractivity contribution in [3.05, 3.63) is 45.9 Å². The molecule has 0 aliphatic rings. The zero-order chi connectivity index (χ0) is 14.6. The molecule has 1 aromatic heterocycles. The highest BCUT2D eigenvalue weighted by molar-refractivity contribution is 8.00. The van der Waals surface area contributed by atoms with Gasteiger partial charge in [-0.3, -0.25) is 0 Å². The van der Waals surface area contributed by atoms with Crippen molar-refractivity contribution in [3.8, 4) is 0 Å². The molecule has 2 rings (SSSR count). The molecule has 20 heavy (non-hydrogen) atoms. The standard InChI is InChI=1S/C13H9ClF3NS2/c14-7-10-8-19-12(18-10)6-3-9-1-4-11(5-2-9)20-13(15,16)17/h1-6,8H,7H2/b6-3+. The van der Waals surface area contributed by atoms with Crippen molar-refractivity contribution in [3.63, 3.8) is 0 Å². The molecule has 0 amide bonds. The van der Waals surface area contributed by atoms with Crippen LogP contribution in [0, 0.1) is 0 Å². The second kappa shape index (κ2) is 6.65. The Kier molecular flexibility index (Phi) is 5.12. The van der Waals surface area contributed by atoms with Crippen LogP contribution in [0.1, 0.15) is 16.3 Å². The van der Waals surface area contributed by atoms with E-state index in [1.165, 1.54) is 23.5 Å². The van der Waals surface area contributed by atoms with E-state index >= 15 is 0 Å². The van der Waals surface area contributed by atoms with Gasteiger partial charge in [-0.15, -0.1) is 22.9 Å². The van der Waals surface area contributed by atoms with Gasteiger partial charge in [0.05, 0.1) is 11.6 Å². The van der Waals surface area contributed by atoms with Crippen molar-refractivity contribution in [2.75, 3.05) is 0 Å². The van der Waals surface area contributed by atoms with Gasteiger partial charge in [0, 0.05) is 10.3 Å². The molecule has 0 fully saturated rings. The fourth-order valence-corrected chi connectivity index (χ4v) is 2.89. The van der Waals surface area contributed by atoms with Crippen LogP contribution >= 0.6 is 34.7 Å². The van der Waals surface area contributed by atoms with E-state index in [0.29, 0.717) is 5.88 Å². The normalized spacial score (nSPS) is 12.2. The fourth-order valence-electron chi connectivity index (χ4n) is 1.41. The van der Waals surface area contributed by atoms with Crippen molar-refractivity contribution in [2.45, 2.75) is 16.3 Å². The topological polar surface area (TPSA) is 12.9 Å². The molecule has 0 aliphatic carbocycles. The van der Waals surface area contributed by atoms with Crippen LogP contribution in [-0.2, 0) is 5.88 Å². The first-order chi connectivity index (χ1) is 9.46. The lowest BCUT2D eigenvalue weighted by Crippen LogP contribution is -1.98. The lowest BCUT2D eigenvalue weighted by molar-refractivity contribution is -0.0328. The molecule has 2 aromatic rings. The summed E-state index contributed by atoms with van der Waals surface area (Å²) in [7, 11) is 0. The fraction of sp³-hybridized carbons (Fsp3) is 0.154. The molecule has 0 aliphatic heterocycles. The Balaban J connectivity index is 2.03. The maximum atomic E-state index is 12.2. The maximum Gasteiger partial charge on any atom is 0.446 e. The van der Waals surface area contributed by atoms with E-state index in [-0.39, 0.29) is 16.7 Å². The molecular weight excluding hydrogens is 327 g/mol. The Morgan fingerprint density at radius 3 is 2.45 bits per heavy atom. The van der Waals surface area contributed by atoms with Crippen LogP contribution in [0.5, 0.6) is 0 Å². The number of nitrogens with zero attached hydrogens (tertiary/aromatic N) is 1. The van der Waals surface area contributed by atoms with E-state index < -0.39 is 5.51 Å². The summed E-state index contributed by atoms with van der Waals surface area (Å²) in [5.41, 5.74) is -2.62. The second-order valence-corrected chi connectivity index (χ2v) is 6.06. The van der Waals surface area contributed by atoms with Crippen LogP contribution in [0.4, 0.5) is 13.2 Å². The van der Waals surface area contributed by atoms with Gasteiger partial charge in [0.2, 0.25) is 0 Å². The van der Waals surface area contributed by atoms with Gasteiger partial charge < -0.3 is 0 Å². The SMILES string of the molecule is FC(F)(F)Sc1ccc(/C=C/c2nc(CCl)cs2)cc1. The van der Waals surface area contributed by atoms with Crippen LogP contribution in [0.2, 0.25) is 0 Å². The number of hydrogen-bond donors (Lipinski definition) is 0. The lowest BCUT2D eigenvalue weighted by Gasteiger charge is -2.05. The Morgan fingerprint density at radius 1 is 1.20 bits per heavy atom. The Bertz CT molecular complexity index is 590. The number of benzene rings is 1. The summed E-state index contributed by atoms with van der Waals surface area (Å²) in [5.74, 6) is 0.369. The molecule has 0 spiro atoms. The van der Waals surface area contributed by atoms with E-state index in [9.17, 15) is 13.2 Å². The highest BCUT2D eigenvalue weighted by Gasteiger charge is 2.28. The first kappa shape index (κ1) is 15.4. The first-order valence-corrected chi connectivity index (χ1v) is 7.73. The van der Waals surface area contributed by atoms with Gasteiger partial charge in [0.15, 0.2) is 0 Å². The quantitative estimate of drug-likeness (QED) is 0.528. The minimum absolute atomic E-state index is 0.119. The molecule has 1 nitrogen and oxygen atoms in total. The van der Waals surface area contributed by atoms with Crippen LogP contribution in [-0.4, -0.2) is 10.5 Å². The Hall–Kier alpha value is -0.980. The van der Waals surface area contributed by atoms with E-state index in [2.05, 4.69) is 4.98 Å². The van der Waals surface area contributed by atoms with E-state index in [1.54, 1.807) is 18.2 Å². The predicted molar refractivity (Wildman–Crippen MR) is 79.0 cm³/mol. The highest BCUT2D eigenvalue weighted by Crippen LogP contribution is 2.36. The number of thioether (sulfide) groups is 1. The van der Waals surface area contributed by atoms with Crippen molar-refractivity contribution in [2.24, 2.45) is 0 Å². The zero-order valence-electron chi connectivity index (χ0n) is 10.0. The van der Waals surface area contributed by atoms with E-state index in [0.717, 1.165) is 16.3 Å². The Labute approximate surface area is 127 Å². The summed E-state index contributed by atoms with van der Waals surface area (Å²) in [6, 6.07) is 6.18. The number of halogens is 4. The number of aromatic nitrogens is 1. The lowest BCUT2D eigenvalue weighted by atomic mass is 10.2. The average molecular weight is 336 g/mol. The minimum Gasteiger partial charge on any atom is -0.240 e. The number of alkyl halides is 4. The summed E-state index contributed by atoms with van der Waals surface area (Å²) in [5, 5.41) is 2.69. The van der Waals surface area contributed by atoms with Gasteiger partial charge in [-0.05, 0) is 35.5 Å². The average Bonchev–Trinajstić information content (AvgIpc) is 2.84. The molecule has 0 atom stereocenters. The van der Waals surface area contributed by atoms with Crippen molar-refractivity contribution >= 4 is 46.9 Å². The number of thiazole rings is 1. The van der Waals surface area contributed by atoms with Gasteiger partial charge in [-0.25, -0.2) is 4.98 Å². The van der Waals surface area contributed by atoms with Crippen LogP contribution in [0.3, 0.4) is 0 Å². The van der Waals surface area contributed by atoms with Crippen molar-refractivity contribution in [1.82, 2.24) is 4.98 Å². The third-order valence-electron chi connectivity index (χ3n) is 2.24. The van der Waals surface area contributed by atoms with Gasteiger partial charge in [0.25, 0.3) is 0 Å². The third kappa shape index (κ3) is 4.85. The molecule has 106 valence electrons. The summed E-state index contributed by atoms with van der Waals surface area (Å²) in [6.07, 6.45) is 3.62. The van der Waals surface area contributed by atoms with Gasteiger partial charge in [-0.1, -0.05) is 18.2 Å². The molecule has 7 heteroatoms. The maximum absolute atomic E-state index is 12.2. The summed E-state index contributed by atoms with van der Waals surface area (Å²) in [6.45, 7) is 0. The van der Waals surface area contributed by atoms with Crippen LogP contribution in [0.15, 0.2) is 34.5 Å². The molecule has 1 aromatic carbocycles.